The van der Waals surface area contributed by atoms with Crippen molar-refractivity contribution in [1.82, 2.24) is 0 Å². The number of ketones is 1. The molecule has 1 aromatic heterocycles. The van der Waals surface area contributed by atoms with Crippen molar-refractivity contribution in [2.24, 2.45) is 0 Å². The van der Waals surface area contributed by atoms with Gasteiger partial charge in [0.25, 0.3) is 0 Å². The second kappa shape index (κ2) is 5.02. The third kappa shape index (κ3) is 2.17. The van der Waals surface area contributed by atoms with Gasteiger partial charge in [-0.25, -0.2) is 4.39 Å². The predicted molar refractivity (Wildman–Crippen MR) is 81.6 cm³/mol. The van der Waals surface area contributed by atoms with Gasteiger partial charge in [0.1, 0.15) is 5.82 Å². The lowest BCUT2D eigenvalue weighted by atomic mass is 10.0. The van der Waals surface area contributed by atoms with Gasteiger partial charge in [0, 0.05) is 15.8 Å². The zero-order valence-electron chi connectivity index (χ0n) is 10.6. The summed E-state index contributed by atoms with van der Waals surface area (Å²) in [5, 5.41) is 1.02. The van der Waals surface area contributed by atoms with Crippen LogP contribution in [0.15, 0.2) is 61.2 Å². The molecule has 1 heterocycles. The molecule has 0 saturated heterocycles. The van der Waals surface area contributed by atoms with E-state index in [-0.39, 0.29) is 16.9 Å². The summed E-state index contributed by atoms with van der Waals surface area (Å²) in [7, 11) is 0. The van der Waals surface area contributed by atoms with Crippen LogP contribution in [0.25, 0.3) is 15.7 Å². The van der Waals surface area contributed by atoms with Crippen LogP contribution >= 0.6 is 11.3 Å². The Kier molecular flexibility index (Phi) is 3.20. The maximum Gasteiger partial charge on any atom is 0.203 e. The average molecular weight is 282 g/mol. The number of carbonyl (C=O) groups excluding carboxylic acids is 1. The highest BCUT2D eigenvalue weighted by molar-refractivity contribution is 7.21. The molecule has 0 spiro atoms. The first kappa shape index (κ1) is 12.8. The topological polar surface area (TPSA) is 17.1 Å². The van der Waals surface area contributed by atoms with Crippen LogP contribution in [0.5, 0.6) is 0 Å². The molecule has 0 atom stereocenters. The number of fused-ring (bicyclic) bond motifs is 1. The first-order valence-electron chi connectivity index (χ1n) is 6.14. The lowest BCUT2D eigenvalue weighted by Gasteiger charge is -2.04. The van der Waals surface area contributed by atoms with Crippen molar-refractivity contribution in [3.8, 4) is 0 Å². The normalized spacial score (nSPS) is 10.7. The highest BCUT2D eigenvalue weighted by Crippen LogP contribution is 2.29. The number of benzene rings is 2. The Balaban J connectivity index is 2.00. The van der Waals surface area contributed by atoms with Crippen LogP contribution in [-0.2, 0) is 0 Å². The molecule has 0 aliphatic rings. The summed E-state index contributed by atoms with van der Waals surface area (Å²) >= 11 is 1.40. The van der Waals surface area contributed by atoms with Crippen LogP contribution in [0.2, 0.25) is 0 Å². The van der Waals surface area contributed by atoms with E-state index in [1.165, 1.54) is 17.4 Å². The molecule has 0 saturated carbocycles. The van der Waals surface area contributed by atoms with Gasteiger partial charge in [-0.1, -0.05) is 43.0 Å². The first-order chi connectivity index (χ1) is 9.66. The zero-order chi connectivity index (χ0) is 14.1. The van der Waals surface area contributed by atoms with E-state index in [1.54, 1.807) is 18.2 Å². The van der Waals surface area contributed by atoms with Crippen LogP contribution in [0.4, 0.5) is 4.39 Å². The third-order valence-electron chi connectivity index (χ3n) is 3.12. The average Bonchev–Trinajstić information content (AvgIpc) is 2.90. The Bertz CT molecular complexity index is 783. The highest BCUT2D eigenvalue weighted by atomic mass is 32.1. The van der Waals surface area contributed by atoms with Gasteiger partial charge in [-0.2, -0.15) is 0 Å². The Morgan fingerprint density at radius 1 is 1.05 bits per heavy atom. The standard InChI is InChI=1S/C17H11FOS/c1-11(13-7-3-4-8-14(13)18)17(19)16-10-12-6-2-5-9-15(12)20-16/h2-10H,1H2. The van der Waals surface area contributed by atoms with Crippen molar-refractivity contribution in [2.75, 3.05) is 0 Å². The van der Waals surface area contributed by atoms with E-state index in [9.17, 15) is 9.18 Å². The van der Waals surface area contributed by atoms with Gasteiger partial charge >= 0.3 is 0 Å². The molecule has 0 aliphatic carbocycles. The van der Waals surface area contributed by atoms with E-state index in [0.717, 1.165) is 10.1 Å². The van der Waals surface area contributed by atoms with Gasteiger partial charge in [0.15, 0.2) is 0 Å². The Morgan fingerprint density at radius 2 is 1.75 bits per heavy atom. The minimum atomic E-state index is -0.424. The molecule has 0 aliphatic heterocycles. The van der Waals surface area contributed by atoms with Crippen molar-refractivity contribution in [1.29, 1.82) is 0 Å². The van der Waals surface area contributed by atoms with Crippen LogP contribution < -0.4 is 0 Å². The number of rotatable bonds is 3. The lowest BCUT2D eigenvalue weighted by Crippen LogP contribution is -2.01. The van der Waals surface area contributed by atoms with Crippen molar-refractivity contribution >= 4 is 32.8 Å². The van der Waals surface area contributed by atoms with Gasteiger partial charge in [-0.05, 0) is 23.6 Å². The van der Waals surface area contributed by atoms with E-state index in [0.29, 0.717) is 4.88 Å². The monoisotopic (exact) mass is 282 g/mol. The molecule has 3 aromatic rings. The number of thiophene rings is 1. The quantitative estimate of drug-likeness (QED) is 0.491. The van der Waals surface area contributed by atoms with Gasteiger partial charge in [0.2, 0.25) is 5.78 Å². The predicted octanol–water partition coefficient (Wildman–Crippen LogP) is 4.94. The SMILES string of the molecule is C=C(C(=O)c1cc2ccccc2s1)c1ccccc1F. The molecule has 0 amide bonds. The summed E-state index contributed by atoms with van der Waals surface area (Å²) in [6, 6.07) is 15.8. The van der Waals surface area contributed by atoms with E-state index in [4.69, 9.17) is 0 Å². The molecule has 20 heavy (non-hydrogen) atoms. The van der Waals surface area contributed by atoms with E-state index in [1.807, 2.05) is 30.3 Å². The Labute approximate surface area is 120 Å². The number of hydrogen-bond acceptors (Lipinski definition) is 2. The Morgan fingerprint density at radius 3 is 2.50 bits per heavy atom. The maximum atomic E-state index is 13.7. The molecule has 0 fully saturated rings. The van der Waals surface area contributed by atoms with Gasteiger partial charge in [-0.3, -0.25) is 4.79 Å². The third-order valence-corrected chi connectivity index (χ3v) is 4.24. The van der Waals surface area contributed by atoms with Gasteiger partial charge in [0.05, 0.1) is 4.88 Å². The summed E-state index contributed by atoms with van der Waals surface area (Å²) in [5.41, 5.74) is 0.449. The summed E-state index contributed by atoms with van der Waals surface area (Å²) in [5.74, 6) is -0.650. The number of allylic oxidation sites excluding steroid dienone is 1. The molecule has 98 valence electrons. The number of halogens is 1. The molecular formula is C17H11FOS. The van der Waals surface area contributed by atoms with Crippen molar-refractivity contribution < 1.29 is 9.18 Å². The fourth-order valence-electron chi connectivity index (χ4n) is 2.07. The minimum Gasteiger partial charge on any atom is -0.288 e. The molecule has 0 unspecified atom stereocenters. The summed E-state index contributed by atoms with van der Waals surface area (Å²) in [6.07, 6.45) is 0. The summed E-state index contributed by atoms with van der Waals surface area (Å²) in [4.78, 5) is 13.0. The fraction of sp³-hybridized carbons (Fsp3) is 0. The van der Waals surface area contributed by atoms with Gasteiger partial charge in [-0.15, -0.1) is 11.3 Å². The molecular weight excluding hydrogens is 271 g/mol. The van der Waals surface area contributed by atoms with Gasteiger partial charge < -0.3 is 0 Å². The summed E-state index contributed by atoms with van der Waals surface area (Å²) in [6.45, 7) is 3.75. The largest absolute Gasteiger partial charge is 0.288 e. The molecule has 3 heteroatoms. The number of carbonyl (C=O) groups is 1. The van der Waals surface area contributed by atoms with E-state index < -0.39 is 5.82 Å². The van der Waals surface area contributed by atoms with Crippen molar-refractivity contribution in [3.05, 3.63) is 77.4 Å². The van der Waals surface area contributed by atoms with Crippen molar-refractivity contribution in [2.45, 2.75) is 0 Å². The second-order valence-corrected chi connectivity index (χ2v) is 5.52. The molecule has 3 rings (SSSR count). The first-order valence-corrected chi connectivity index (χ1v) is 6.95. The number of hydrogen-bond donors (Lipinski definition) is 0. The van der Waals surface area contributed by atoms with Crippen LogP contribution in [0, 0.1) is 5.82 Å². The Hall–Kier alpha value is -2.26. The van der Waals surface area contributed by atoms with E-state index >= 15 is 0 Å². The molecule has 1 nitrogen and oxygen atoms in total. The molecule has 2 aromatic carbocycles. The number of Topliss-reactive ketones (excluding diaryl/α,β-unsaturated/α-hetero) is 1. The van der Waals surface area contributed by atoms with Crippen molar-refractivity contribution in [3.63, 3.8) is 0 Å². The second-order valence-electron chi connectivity index (χ2n) is 4.44. The molecule has 0 bridgehead atoms. The smallest absolute Gasteiger partial charge is 0.203 e. The molecule has 0 radical (unpaired) electrons. The molecule has 0 N–H and O–H groups in total. The van der Waals surface area contributed by atoms with E-state index in [2.05, 4.69) is 6.58 Å². The fourth-order valence-corrected chi connectivity index (χ4v) is 3.10. The van der Waals surface area contributed by atoms with Crippen LogP contribution in [0.3, 0.4) is 0 Å². The van der Waals surface area contributed by atoms with Crippen LogP contribution in [0.1, 0.15) is 15.2 Å². The summed E-state index contributed by atoms with van der Waals surface area (Å²) < 4.78 is 14.7. The lowest BCUT2D eigenvalue weighted by molar-refractivity contribution is 0.106. The zero-order valence-corrected chi connectivity index (χ0v) is 11.4. The highest BCUT2D eigenvalue weighted by Gasteiger charge is 2.17. The minimum absolute atomic E-state index is 0.189. The maximum absolute atomic E-state index is 13.7. The van der Waals surface area contributed by atoms with Crippen LogP contribution in [-0.4, -0.2) is 5.78 Å².